The van der Waals surface area contributed by atoms with Crippen LogP contribution < -0.4 is 5.32 Å². The van der Waals surface area contributed by atoms with E-state index in [9.17, 15) is 4.79 Å². The number of carbonyl (C=O) groups is 1. The van der Waals surface area contributed by atoms with Crippen LogP contribution in [-0.2, 0) is 17.8 Å². The third kappa shape index (κ3) is 4.05. The second-order valence-electron chi connectivity index (χ2n) is 6.81. The highest BCUT2D eigenvalue weighted by atomic mass is 16.1. The van der Waals surface area contributed by atoms with Crippen LogP contribution in [0.15, 0.2) is 30.3 Å². The number of aryl methyl sites for hydroxylation is 1. The van der Waals surface area contributed by atoms with Crippen LogP contribution in [0.4, 0.5) is 5.82 Å². The molecule has 0 unspecified atom stereocenters. The SMILES string of the molecule is CCCc1cccc(-c2cc(NC=O)nn2CC2CCCCC2)c1. The van der Waals surface area contributed by atoms with Gasteiger partial charge in [0.05, 0.1) is 5.69 Å². The first-order valence-electron chi connectivity index (χ1n) is 9.17. The second kappa shape index (κ2) is 8.13. The fourth-order valence-corrected chi connectivity index (χ4v) is 3.71. The lowest BCUT2D eigenvalue weighted by molar-refractivity contribution is -0.105. The maximum atomic E-state index is 10.8. The predicted octanol–water partition coefficient (Wildman–Crippen LogP) is 4.65. The molecule has 1 aliphatic rings. The smallest absolute Gasteiger partial charge is 0.212 e. The largest absolute Gasteiger partial charge is 0.312 e. The molecule has 4 nitrogen and oxygen atoms in total. The molecule has 0 spiro atoms. The van der Waals surface area contributed by atoms with Crippen molar-refractivity contribution in [3.05, 3.63) is 35.9 Å². The third-order valence-corrected chi connectivity index (χ3v) is 4.90. The van der Waals surface area contributed by atoms with E-state index in [1.165, 1.54) is 43.2 Å². The first kappa shape index (κ1) is 16.7. The number of rotatable bonds is 7. The number of nitrogens with one attached hydrogen (secondary N) is 1. The molecule has 4 heteroatoms. The third-order valence-electron chi connectivity index (χ3n) is 4.90. The minimum atomic E-state index is 0.636. The molecule has 0 atom stereocenters. The minimum Gasteiger partial charge on any atom is -0.312 e. The lowest BCUT2D eigenvalue weighted by Gasteiger charge is -2.22. The van der Waals surface area contributed by atoms with E-state index in [1.54, 1.807) is 0 Å². The molecular formula is C20H27N3O. The summed E-state index contributed by atoms with van der Waals surface area (Å²) in [5.41, 5.74) is 3.64. The molecule has 0 bridgehead atoms. The number of hydrogen-bond acceptors (Lipinski definition) is 2. The molecule has 1 aromatic carbocycles. The number of amides is 1. The summed E-state index contributed by atoms with van der Waals surface area (Å²) >= 11 is 0. The van der Waals surface area contributed by atoms with E-state index >= 15 is 0 Å². The van der Waals surface area contributed by atoms with E-state index in [0.29, 0.717) is 18.1 Å². The normalized spacial score (nSPS) is 15.4. The molecule has 1 aliphatic carbocycles. The molecule has 2 aromatic rings. The fourth-order valence-electron chi connectivity index (χ4n) is 3.71. The summed E-state index contributed by atoms with van der Waals surface area (Å²) in [7, 11) is 0. The zero-order chi connectivity index (χ0) is 16.8. The van der Waals surface area contributed by atoms with Crippen LogP contribution >= 0.6 is 0 Å². The highest BCUT2D eigenvalue weighted by Crippen LogP contribution is 2.29. The van der Waals surface area contributed by atoms with Gasteiger partial charge in [-0.05, 0) is 36.8 Å². The summed E-state index contributed by atoms with van der Waals surface area (Å²) in [6.45, 7) is 3.14. The van der Waals surface area contributed by atoms with E-state index < -0.39 is 0 Å². The Bertz CT molecular complexity index is 671. The van der Waals surface area contributed by atoms with Gasteiger partial charge in [0, 0.05) is 18.2 Å². The molecule has 24 heavy (non-hydrogen) atoms. The number of aromatic nitrogens is 2. The molecule has 1 heterocycles. The molecule has 1 fully saturated rings. The van der Waals surface area contributed by atoms with Gasteiger partial charge in [0.15, 0.2) is 5.82 Å². The lowest BCUT2D eigenvalue weighted by atomic mass is 9.89. The Hall–Kier alpha value is -2.10. The summed E-state index contributed by atoms with van der Waals surface area (Å²) < 4.78 is 2.09. The van der Waals surface area contributed by atoms with Crippen molar-refractivity contribution in [2.75, 3.05) is 5.32 Å². The predicted molar refractivity (Wildman–Crippen MR) is 97.9 cm³/mol. The van der Waals surface area contributed by atoms with Crippen LogP contribution in [0.5, 0.6) is 0 Å². The number of hydrogen-bond donors (Lipinski definition) is 1. The van der Waals surface area contributed by atoms with E-state index in [2.05, 4.69) is 46.3 Å². The van der Waals surface area contributed by atoms with Crippen molar-refractivity contribution in [2.24, 2.45) is 5.92 Å². The van der Waals surface area contributed by atoms with E-state index in [4.69, 9.17) is 0 Å². The van der Waals surface area contributed by atoms with Gasteiger partial charge in [-0.2, -0.15) is 5.10 Å². The highest BCUT2D eigenvalue weighted by molar-refractivity contribution is 5.72. The molecule has 0 saturated heterocycles. The van der Waals surface area contributed by atoms with Crippen molar-refractivity contribution in [2.45, 2.75) is 58.4 Å². The first-order valence-corrected chi connectivity index (χ1v) is 9.17. The topological polar surface area (TPSA) is 46.9 Å². The summed E-state index contributed by atoms with van der Waals surface area (Å²) in [5.74, 6) is 1.33. The summed E-state index contributed by atoms with van der Waals surface area (Å²) in [5, 5.41) is 7.32. The molecule has 1 saturated carbocycles. The van der Waals surface area contributed by atoms with E-state index in [1.807, 2.05) is 6.07 Å². The zero-order valence-corrected chi connectivity index (χ0v) is 14.5. The molecule has 1 amide bonds. The average molecular weight is 325 g/mol. The Morgan fingerprint density at radius 2 is 2.08 bits per heavy atom. The Kier molecular flexibility index (Phi) is 5.68. The maximum absolute atomic E-state index is 10.8. The Morgan fingerprint density at radius 3 is 2.83 bits per heavy atom. The van der Waals surface area contributed by atoms with Gasteiger partial charge in [0.1, 0.15) is 0 Å². The fraction of sp³-hybridized carbons (Fsp3) is 0.500. The summed E-state index contributed by atoms with van der Waals surface area (Å²) in [4.78, 5) is 10.8. The molecule has 3 rings (SSSR count). The quantitative estimate of drug-likeness (QED) is 0.753. The second-order valence-corrected chi connectivity index (χ2v) is 6.81. The first-order chi connectivity index (χ1) is 11.8. The van der Waals surface area contributed by atoms with Gasteiger partial charge in [-0.3, -0.25) is 9.48 Å². The molecule has 0 radical (unpaired) electrons. The van der Waals surface area contributed by atoms with Gasteiger partial charge >= 0.3 is 0 Å². The average Bonchev–Trinajstić information content (AvgIpc) is 2.99. The van der Waals surface area contributed by atoms with E-state index in [-0.39, 0.29) is 0 Å². The van der Waals surface area contributed by atoms with Gasteiger partial charge in [-0.25, -0.2) is 0 Å². The van der Waals surface area contributed by atoms with Crippen LogP contribution in [0.3, 0.4) is 0 Å². The van der Waals surface area contributed by atoms with Gasteiger partial charge in [0.25, 0.3) is 0 Å². The van der Waals surface area contributed by atoms with Crippen LogP contribution in [0.25, 0.3) is 11.3 Å². The van der Waals surface area contributed by atoms with Crippen LogP contribution in [0.2, 0.25) is 0 Å². The van der Waals surface area contributed by atoms with Crippen LogP contribution in [0.1, 0.15) is 51.0 Å². The molecule has 0 aliphatic heterocycles. The molecule has 128 valence electrons. The molecule has 1 aromatic heterocycles. The zero-order valence-electron chi connectivity index (χ0n) is 14.5. The Morgan fingerprint density at radius 1 is 1.25 bits per heavy atom. The van der Waals surface area contributed by atoms with Crippen LogP contribution in [0, 0.1) is 5.92 Å². The summed E-state index contributed by atoms with van der Waals surface area (Å²) in [6.07, 6.45) is 9.51. The van der Waals surface area contributed by atoms with Gasteiger partial charge in [-0.15, -0.1) is 0 Å². The van der Waals surface area contributed by atoms with Crippen molar-refractivity contribution >= 4 is 12.2 Å². The van der Waals surface area contributed by atoms with E-state index in [0.717, 1.165) is 25.1 Å². The number of benzene rings is 1. The number of nitrogens with zero attached hydrogens (tertiary/aromatic N) is 2. The maximum Gasteiger partial charge on any atom is 0.212 e. The molecule has 1 N–H and O–H groups in total. The van der Waals surface area contributed by atoms with Gasteiger partial charge in [-0.1, -0.05) is 50.8 Å². The standard InChI is InChI=1S/C20H27N3O/c1-2-7-16-10-6-11-18(12-16)19-13-20(21-15-24)22-23(19)14-17-8-4-3-5-9-17/h6,10-13,15,17H,2-5,7-9,14H2,1H3,(H,21,22,24). The van der Waals surface area contributed by atoms with Crippen molar-refractivity contribution in [1.29, 1.82) is 0 Å². The number of anilines is 1. The Balaban J connectivity index is 1.89. The highest BCUT2D eigenvalue weighted by Gasteiger charge is 2.18. The van der Waals surface area contributed by atoms with Crippen molar-refractivity contribution < 1.29 is 4.79 Å². The molecular weight excluding hydrogens is 298 g/mol. The van der Waals surface area contributed by atoms with Crippen molar-refractivity contribution in [3.63, 3.8) is 0 Å². The monoisotopic (exact) mass is 325 g/mol. The van der Waals surface area contributed by atoms with Crippen LogP contribution in [-0.4, -0.2) is 16.2 Å². The van der Waals surface area contributed by atoms with Gasteiger partial charge in [0.2, 0.25) is 6.41 Å². The summed E-state index contributed by atoms with van der Waals surface area (Å²) in [6, 6.07) is 10.7. The number of carbonyl (C=O) groups excluding carboxylic acids is 1. The lowest BCUT2D eigenvalue weighted by Crippen LogP contribution is -2.16. The van der Waals surface area contributed by atoms with Gasteiger partial charge < -0.3 is 5.32 Å². The van der Waals surface area contributed by atoms with Crippen molar-refractivity contribution in [1.82, 2.24) is 9.78 Å². The minimum absolute atomic E-state index is 0.636. The Labute approximate surface area is 144 Å². The van der Waals surface area contributed by atoms with Crippen molar-refractivity contribution in [3.8, 4) is 11.3 Å².